The molecule has 3 rings (SSSR count). The number of ether oxygens (including phenoxy) is 1. The van der Waals surface area contributed by atoms with Crippen molar-refractivity contribution in [1.82, 2.24) is 4.31 Å². The average molecular weight is 417 g/mol. The Morgan fingerprint density at radius 3 is 2.76 bits per heavy atom. The number of anilines is 2. The highest BCUT2D eigenvalue weighted by Crippen LogP contribution is 2.33. The Labute approximate surface area is 169 Å². The number of benzene rings is 2. The Bertz CT molecular complexity index is 1070. The third-order valence-electron chi connectivity index (χ3n) is 4.58. The van der Waals surface area contributed by atoms with Gasteiger partial charge in [-0.05, 0) is 42.7 Å². The summed E-state index contributed by atoms with van der Waals surface area (Å²) in [6.07, 6.45) is 0.831. The van der Waals surface area contributed by atoms with Gasteiger partial charge in [-0.2, -0.15) is 4.31 Å². The monoisotopic (exact) mass is 417 g/mol. The normalized spacial score (nSPS) is 13.4. The molecule has 0 saturated carbocycles. The van der Waals surface area contributed by atoms with E-state index < -0.39 is 15.9 Å². The Morgan fingerprint density at radius 2 is 2.03 bits per heavy atom. The Balaban J connectivity index is 1.77. The summed E-state index contributed by atoms with van der Waals surface area (Å²) in [5.41, 5.74) is 2.56. The Hall–Kier alpha value is -2.91. The number of fused-ring (bicyclic) bond motifs is 1. The zero-order valence-electron chi connectivity index (χ0n) is 16.5. The molecule has 0 spiro atoms. The van der Waals surface area contributed by atoms with Crippen LogP contribution < -0.4 is 15.4 Å². The van der Waals surface area contributed by atoms with Gasteiger partial charge in [0.15, 0.2) is 6.61 Å². The number of rotatable bonds is 6. The first-order valence-corrected chi connectivity index (χ1v) is 10.6. The number of amides is 2. The molecule has 1 heterocycles. The lowest BCUT2D eigenvalue weighted by molar-refractivity contribution is -0.118. The van der Waals surface area contributed by atoms with Crippen molar-refractivity contribution < 1.29 is 22.7 Å². The number of likely N-dealkylation sites (N-methyl/N-ethyl adjacent to an activating group) is 1. The molecule has 0 fully saturated rings. The fourth-order valence-electron chi connectivity index (χ4n) is 3.02. The van der Waals surface area contributed by atoms with Crippen molar-refractivity contribution in [2.24, 2.45) is 0 Å². The van der Waals surface area contributed by atoms with E-state index in [2.05, 4.69) is 10.6 Å². The maximum atomic E-state index is 13.0. The molecule has 2 N–H and O–H groups in total. The van der Waals surface area contributed by atoms with Gasteiger partial charge in [0, 0.05) is 18.8 Å². The van der Waals surface area contributed by atoms with Gasteiger partial charge in [0.1, 0.15) is 5.75 Å². The van der Waals surface area contributed by atoms with Crippen molar-refractivity contribution in [1.29, 1.82) is 0 Å². The molecule has 1 aliphatic rings. The van der Waals surface area contributed by atoms with E-state index in [4.69, 9.17) is 4.74 Å². The summed E-state index contributed by atoms with van der Waals surface area (Å²) in [7, 11) is -2.59. The lowest BCUT2D eigenvalue weighted by Gasteiger charge is -2.22. The van der Waals surface area contributed by atoms with Crippen LogP contribution in [0.3, 0.4) is 0 Å². The summed E-state index contributed by atoms with van der Waals surface area (Å²) >= 11 is 0. The predicted molar refractivity (Wildman–Crippen MR) is 110 cm³/mol. The van der Waals surface area contributed by atoms with Gasteiger partial charge in [-0.25, -0.2) is 8.42 Å². The zero-order chi connectivity index (χ0) is 21.2. The minimum absolute atomic E-state index is 0.0238. The topological polar surface area (TPSA) is 105 Å². The van der Waals surface area contributed by atoms with E-state index in [1.807, 2.05) is 25.1 Å². The van der Waals surface area contributed by atoms with Gasteiger partial charge in [-0.15, -0.1) is 0 Å². The number of carbonyl (C=O) groups excluding carboxylic acids is 2. The second kappa shape index (κ2) is 8.22. The van der Waals surface area contributed by atoms with Crippen LogP contribution in [0.1, 0.15) is 18.1 Å². The number of hydrogen-bond acceptors (Lipinski definition) is 5. The van der Waals surface area contributed by atoms with E-state index in [0.29, 0.717) is 16.9 Å². The molecule has 0 atom stereocenters. The number of nitrogens with one attached hydrogen (secondary N) is 2. The van der Waals surface area contributed by atoms with Crippen molar-refractivity contribution >= 4 is 33.2 Å². The van der Waals surface area contributed by atoms with Gasteiger partial charge in [0.2, 0.25) is 15.9 Å². The highest BCUT2D eigenvalue weighted by molar-refractivity contribution is 7.89. The number of hydrogen-bond donors (Lipinski definition) is 2. The van der Waals surface area contributed by atoms with Crippen molar-refractivity contribution in [3.05, 3.63) is 47.5 Å². The highest BCUT2D eigenvalue weighted by Gasteiger charge is 2.28. The molecular weight excluding hydrogens is 394 g/mol. The average Bonchev–Trinajstić information content (AvgIpc) is 2.67. The molecule has 0 aliphatic carbocycles. The molecule has 2 amide bonds. The van der Waals surface area contributed by atoms with Gasteiger partial charge in [-0.1, -0.05) is 19.1 Å². The quantitative estimate of drug-likeness (QED) is 0.749. The number of aryl methyl sites for hydroxylation is 2. The van der Waals surface area contributed by atoms with Crippen molar-refractivity contribution in [2.75, 3.05) is 30.8 Å². The molecule has 8 nitrogen and oxygen atoms in total. The summed E-state index contributed by atoms with van der Waals surface area (Å²) < 4.78 is 32.3. The van der Waals surface area contributed by atoms with Crippen molar-refractivity contribution in [3.8, 4) is 5.75 Å². The van der Waals surface area contributed by atoms with Crippen LogP contribution in [0.4, 0.5) is 11.4 Å². The molecule has 0 unspecified atom stereocenters. The second-order valence-electron chi connectivity index (χ2n) is 6.81. The number of carbonyl (C=O) groups is 2. The van der Waals surface area contributed by atoms with Gasteiger partial charge >= 0.3 is 0 Å². The lowest BCUT2D eigenvalue weighted by atomic mass is 10.1. The van der Waals surface area contributed by atoms with E-state index in [1.165, 1.54) is 13.1 Å². The minimum atomic E-state index is -3.94. The maximum Gasteiger partial charge on any atom is 0.262 e. The van der Waals surface area contributed by atoms with Crippen LogP contribution in [-0.4, -0.2) is 44.7 Å². The van der Waals surface area contributed by atoms with Crippen LogP contribution in [0.2, 0.25) is 0 Å². The molecule has 2 aromatic carbocycles. The first kappa shape index (κ1) is 20.8. The largest absolute Gasteiger partial charge is 0.482 e. The van der Waals surface area contributed by atoms with E-state index >= 15 is 0 Å². The Kier molecular flexibility index (Phi) is 5.90. The highest BCUT2D eigenvalue weighted by atomic mass is 32.2. The summed E-state index contributed by atoms with van der Waals surface area (Å²) in [5, 5.41) is 5.36. The van der Waals surface area contributed by atoms with Gasteiger partial charge in [0.05, 0.1) is 17.1 Å². The molecule has 154 valence electrons. The first-order chi connectivity index (χ1) is 13.7. The predicted octanol–water partition coefficient (Wildman–Crippen LogP) is 2.15. The fraction of sp³-hybridized carbons (Fsp3) is 0.300. The smallest absolute Gasteiger partial charge is 0.262 e. The summed E-state index contributed by atoms with van der Waals surface area (Å²) in [6.45, 7) is 3.12. The second-order valence-corrected chi connectivity index (χ2v) is 8.83. The molecule has 1 aliphatic heterocycles. The van der Waals surface area contributed by atoms with E-state index in [-0.39, 0.29) is 29.7 Å². The summed E-state index contributed by atoms with van der Waals surface area (Å²) in [5.74, 6) is -0.458. The lowest BCUT2D eigenvalue weighted by Crippen LogP contribution is -2.35. The zero-order valence-corrected chi connectivity index (χ0v) is 17.3. The molecule has 0 saturated heterocycles. The van der Waals surface area contributed by atoms with E-state index in [1.54, 1.807) is 19.1 Å². The standard InChI is InChI=1S/C20H23N3O5S/c1-4-14-6-5-7-15(9-14)21-19(24)11-23(3)29(26,27)18-10-17-16(8-13(18)2)22-20(25)12-28-17/h5-10H,4,11-12H2,1-3H3,(H,21,24)(H,22,25). The van der Waals surface area contributed by atoms with Gasteiger partial charge < -0.3 is 15.4 Å². The van der Waals surface area contributed by atoms with Crippen LogP contribution in [0.25, 0.3) is 0 Å². The molecule has 2 aromatic rings. The molecule has 0 radical (unpaired) electrons. The fourth-order valence-corrected chi connectivity index (χ4v) is 4.36. The third-order valence-corrected chi connectivity index (χ3v) is 6.53. The molecule has 0 aromatic heterocycles. The van der Waals surface area contributed by atoms with Crippen LogP contribution in [0.15, 0.2) is 41.3 Å². The van der Waals surface area contributed by atoms with E-state index in [9.17, 15) is 18.0 Å². The first-order valence-electron chi connectivity index (χ1n) is 9.13. The van der Waals surface area contributed by atoms with Crippen LogP contribution in [0, 0.1) is 6.92 Å². The van der Waals surface area contributed by atoms with Gasteiger partial charge in [-0.3, -0.25) is 9.59 Å². The van der Waals surface area contributed by atoms with E-state index in [0.717, 1.165) is 16.3 Å². The molecule has 9 heteroatoms. The van der Waals surface area contributed by atoms with Crippen molar-refractivity contribution in [2.45, 2.75) is 25.2 Å². The van der Waals surface area contributed by atoms with Crippen LogP contribution in [0.5, 0.6) is 5.75 Å². The van der Waals surface area contributed by atoms with Crippen LogP contribution in [-0.2, 0) is 26.0 Å². The molecule has 0 bridgehead atoms. The maximum absolute atomic E-state index is 13.0. The third kappa shape index (κ3) is 4.57. The number of nitrogens with zero attached hydrogens (tertiary/aromatic N) is 1. The summed E-state index contributed by atoms with van der Waals surface area (Å²) in [4.78, 5) is 23.8. The SMILES string of the molecule is CCc1cccc(NC(=O)CN(C)S(=O)(=O)c2cc3c(cc2C)NC(=O)CO3)c1. The molecular formula is C20H23N3O5S. The van der Waals surface area contributed by atoms with Gasteiger partial charge in [0.25, 0.3) is 5.91 Å². The Morgan fingerprint density at radius 1 is 1.28 bits per heavy atom. The summed E-state index contributed by atoms with van der Waals surface area (Å²) in [6, 6.07) is 10.3. The molecule has 29 heavy (non-hydrogen) atoms. The van der Waals surface area contributed by atoms with Crippen LogP contribution >= 0.6 is 0 Å². The number of sulfonamides is 1. The minimum Gasteiger partial charge on any atom is -0.482 e. The van der Waals surface area contributed by atoms with Crippen molar-refractivity contribution in [3.63, 3.8) is 0 Å².